The lowest BCUT2D eigenvalue weighted by Crippen LogP contribution is -2.47. The van der Waals surface area contributed by atoms with Gasteiger partial charge in [-0.05, 0) is 55.2 Å². The summed E-state index contributed by atoms with van der Waals surface area (Å²) in [5.74, 6) is 1.59. The normalized spacial score (nSPS) is 10.9. The fraction of sp³-hybridized carbons (Fsp3) is 0.286. The van der Waals surface area contributed by atoms with E-state index in [1.165, 1.54) is 0 Å². The van der Waals surface area contributed by atoms with Gasteiger partial charge in [-0.15, -0.1) is 0 Å². The zero-order valence-electron chi connectivity index (χ0n) is 16.6. The molecule has 2 N–H and O–H groups in total. The van der Waals surface area contributed by atoms with Crippen LogP contribution in [-0.2, 0) is 11.3 Å². The van der Waals surface area contributed by atoms with Crippen molar-refractivity contribution in [3.8, 4) is 5.75 Å². The van der Waals surface area contributed by atoms with Crippen molar-refractivity contribution < 1.29 is 14.5 Å². The number of hydrazine groups is 1. The molecule has 152 valence electrons. The summed E-state index contributed by atoms with van der Waals surface area (Å²) < 4.78 is 11.9. The Labute approximate surface area is 180 Å². The van der Waals surface area contributed by atoms with Crippen molar-refractivity contribution in [1.82, 2.24) is 10.3 Å². The highest BCUT2D eigenvalue weighted by molar-refractivity contribution is 9.10. The molecule has 1 heterocycles. The number of hydrogen-bond donors (Lipinski definition) is 2. The average molecular weight is 458 g/mol. The minimum absolute atomic E-state index is 0.552. The maximum absolute atomic E-state index is 9.81. The van der Waals surface area contributed by atoms with E-state index in [9.17, 15) is 5.02 Å². The van der Waals surface area contributed by atoms with Gasteiger partial charge in [0.15, 0.2) is 0 Å². The molecule has 0 aliphatic carbocycles. The van der Waals surface area contributed by atoms with Crippen LogP contribution in [0.3, 0.4) is 0 Å². The van der Waals surface area contributed by atoms with E-state index in [1.54, 1.807) is 13.9 Å². The van der Waals surface area contributed by atoms with Gasteiger partial charge in [-0.1, -0.05) is 34.1 Å². The van der Waals surface area contributed by atoms with Crippen LogP contribution in [0.4, 0.5) is 5.82 Å². The average Bonchev–Trinajstić information content (AvgIpc) is 2.72. The Morgan fingerprint density at radius 2 is 1.90 bits per heavy atom. The lowest BCUT2D eigenvalue weighted by atomic mass is 9.91. The molecule has 0 saturated carbocycles. The van der Waals surface area contributed by atoms with Gasteiger partial charge in [-0.3, -0.25) is 0 Å². The molecule has 0 unspecified atom stereocenters. The summed E-state index contributed by atoms with van der Waals surface area (Å²) in [6.45, 7) is 3.49. The number of rotatable bonds is 10. The Bertz CT molecular complexity index is 925. The first kappa shape index (κ1) is 21.6. The molecule has 0 aliphatic heterocycles. The fourth-order valence-electron chi connectivity index (χ4n) is 2.94. The van der Waals surface area contributed by atoms with Crippen LogP contribution in [0, 0.1) is 0 Å². The van der Waals surface area contributed by atoms with E-state index in [0.29, 0.717) is 19.8 Å². The van der Waals surface area contributed by atoms with Gasteiger partial charge in [-0.25, -0.2) is 10.3 Å². The molecule has 1 aromatic heterocycles. The summed E-state index contributed by atoms with van der Waals surface area (Å²) in [4.78, 5) is 4.72. The van der Waals surface area contributed by atoms with Gasteiger partial charge in [-0.2, -0.15) is 0 Å². The molecule has 3 aromatic rings. The van der Waals surface area contributed by atoms with E-state index in [4.69, 9.17) is 14.5 Å². The van der Waals surface area contributed by atoms with Crippen molar-refractivity contribution in [2.45, 2.75) is 19.9 Å². The van der Waals surface area contributed by atoms with Gasteiger partial charge in [0.2, 0.25) is 0 Å². The van der Waals surface area contributed by atoms with Crippen LogP contribution in [-0.4, -0.2) is 37.3 Å². The number of fused-ring (bicyclic) bond motifs is 1. The van der Waals surface area contributed by atoms with Gasteiger partial charge >= 0.3 is 7.05 Å². The smallest absolute Gasteiger partial charge is 0.392 e. The third-order valence-corrected chi connectivity index (χ3v) is 4.85. The highest BCUT2D eigenvalue weighted by atomic mass is 79.9. The third-order valence-electron chi connectivity index (χ3n) is 4.36. The third kappa shape index (κ3) is 6.43. The van der Waals surface area contributed by atoms with Crippen molar-refractivity contribution in [2.75, 3.05) is 25.3 Å². The van der Waals surface area contributed by atoms with Crippen LogP contribution in [0.5, 0.6) is 5.75 Å². The second kappa shape index (κ2) is 10.6. The minimum Gasteiger partial charge on any atom is -0.497 e. The summed E-state index contributed by atoms with van der Waals surface area (Å²) in [6.07, 6.45) is 0.786. The molecule has 0 fully saturated rings. The lowest BCUT2D eigenvalue weighted by Gasteiger charge is -2.25. The van der Waals surface area contributed by atoms with E-state index in [-0.39, 0.29) is 0 Å². The van der Waals surface area contributed by atoms with E-state index in [0.717, 1.165) is 38.9 Å². The van der Waals surface area contributed by atoms with E-state index >= 15 is 0 Å². The van der Waals surface area contributed by atoms with Crippen LogP contribution in [0.25, 0.3) is 10.9 Å². The summed E-state index contributed by atoms with van der Waals surface area (Å²) in [5, 5.41) is 15.8. The molecular formula is C21H25BBrN3O3. The molecule has 0 amide bonds. The van der Waals surface area contributed by atoms with Crippen LogP contribution in [0.1, 0.15) is 12.0 Å². The molecule has 0 saturated heterocycles. The molecule has 0 bridgehead atoms. The van der Waals surface area contributed by atoms with E-state index in [2.05, 4.69) is 21.3 Å². The van der Waals surface area contributed by atoms with Crippen molar-refractivity contribution >= 4 is 39.7 Å². The first-order chi connectivity index (χ1) is 14.0. The molecule has 2 aromatic carbocycles. The number of halogens is 1. The SMILES string of the molecule is COc1ccc(COCCCN(NB(C)O)c2ccc3ccc(Br)cc3n2)cc1. The van der Waals surface area contributed by atoms with Gasteiger partial charge in [0.25, 0.3) is 0 Å². The quantitative estimate of drug-likeness (QED) is 0.272. The Balaban J connectivity index is 1.56. The van der Waals surface area contributed by atoms with Crippen molar-refractivity contribution in [3.05, 3.63) is 64.6 Å². The Kier molecular flexibility index (Phi) is 7.88. The Morgan fingerprint density at radius 1 is 1.14 bits per heavy atom. The molecule has 3 rings (SSSR count). The van der Waals surface area contributed by atoms with Crippen LogP contribution < -0.4 is 15.1 Å². The Hall–Kier alpha value is -2.13. The maximum Gasteiger partial charge on any atom is 0.392 e. The largest absolute Gasteiger partial charge is 0.497 e. The molecular weight excluding hydrogens is 433 g/mol. The lowest BCUT2D eigenvalue weighted by molar-refractivity contribution is 0.119. The summed E-state index contributed by atoms with van der Waals surface area (Å²) in [5.41, 5.74) is 2.00. The van der Waals surface area contributed by atoms with E-state index in [1.807, 2.05) is 59.6 Å². The second-order valence-corrected chi connectivity index (χ2v) is 7.63. The number of anilines is 1. The van der Waals surface area contributed by atoms with Crippen LogP contribution in [0.15, 0.2) is 59.1 Å². The standard InChI is InChI=1S/C21H25BBrN3O3/c1-22(27)25-26(21-11-7-17-6-8-18(23)14-20(17)24-21)12-3-13-29-15-16-4-9-19(28-2)10-5-16/h4-11,14,25,27H,3,12-13,15H2,1-2H3. The first-order valence-corrected chi connectivity index (χ1v) is 10.3. The first-order valence-electron chi connectivity index (χ1n) is 9.54. The highest BCUT2D eigenvalue weighted by Crippen LogP contribution is 2.21. The van der Waals surface area contributed by atoms with E-state index < -0.39 is 7.05 Å². The monoisotopic (exact) mass is 457 g/mol. The molecule has 29 heavy (non-hydrogen) atoms. The van der Waals surface area contributed by atoms with Gasteiger partial charge in [0.05, 0.1) is 19.2 Å². The number of nitrogens with one attached hydrogen (secondary N) is 1. The summed E-state index contributed by atoms with van der Waals surface area (Å²) in [6, 6.07) is 17.8. The topological polar surface area (TPSA) is 66.9 Å². The fourth-order valence-corrected chi connectivity index (χ4v) is 3.29. The zero-order valence-corrected chi connectivity index (χ0v) is 18.2. The molecule has 6 nitrogen and oxygen atoms in total. The van der Waals surface area contributed by atoms with Gasteiger partial charge in [0, 0.05) is 23.0 Å². The number of pyridine rings is 1. The van der Waals surface area contributed by atoms with Crippen LogP contribution >= 0.6 is 15.9 Å². The minimum atomic E-state index is -0.685. The Morgan fingerprint density at radius 3 is 2.62 bits per heavy atom. The molecule has 0 spiro atoms. The summed E-state index contributed by atoms with van der Waals surface area (Å²) in [7, 11) is 0.970. The van der Waals surface area contributed by atoms with Gasteiger partial charge < -0.3 is 19.5 Å². The number of nitrogens with zero attached hydrogens (tertiary/aromatic N) is 2. The van der Waals surface area contributed by atoms with Crippen molar-refractivity contribution in [1.29, 1.82) is 0 Å². The number of methoxy groups -OCH3 is 1. The van der Waals surface area contributed by atoms with Crippen molar-refractivity contribution in [2.24, 2.45) is 0 Å². The van der Waals surface area contributed by atoms with Crippen molar-refractivity contribution in [3.63, 3.8) is 0 Å². The number of aromatic nitrogens is 1. The number of benzene rings is 2. The molecule has 8 heteroatoms. The highest BCUT2D eigenvalue weighted by Gasteiger charge is 2.13. The number of hydrogen-bond acceptors (Lipinski definition) is 6. The molecule has 0 aliphatic rings. The van der Waals surface area contributed by atoms with Crippen LogP contribution in [0.2, 0.25) is 6.82 Å². The summed E-state index contributed by atoms with van der Waals surface area (Å²) >= 11 is 3.49. The molecule has 0 atom stereocenters. The predicted molar refractivity (Wildman–Crippen MR) is 121 cm³/mol. The predicted octanol–water partition coefficient (Wildman–Crippen LogP) is 4.03. The second-order valence-electron chi connectivity index (χ2n) is 6.72. The zero-order chi connectivity index (χ0) is 20.6. The maximum atomic E-state index is 9.81. The number of ether oxygens (including phenoxy) is 2. The molecule has 0 radical (unpaired) electrons. The van der Waals surface area contributed by atoms with Gasteiger partial charge in [0.1, 0.15) is 11.6 Å².